The predicted molar refractivity (Wildman–Crippen MR) is 86.9 cm³/mol. The number of carbonyl (C=O) groups is 2. The minimum Gasteiger partial charge on any atom is -0.367 e. The smallest absolute Gasteiger partial charge is 0.362 e. The molecule has 0 radical (unpaired) electrons. The van der Waals surface area contributed by atoms with Crippen LogP contribution < -0.4 is 11.1 Å². The van der Waals surface area contributed by atoms with Gasteiger partial charge in [0.15, 0.2) is 0 Å². The predicted octanol–water partition coefficient (Wildman–Crippen LogP) is 2.27. The van der Waals surface area contributed by atoms with E-state index in [1.165, 1.54) is 0 Å². The molecule has 128 valence electrons. The minimum atomic E-state index is -3.98. The first-order chi connectivity index (χ1) is 10.7. The highest BCUT2D eigenvalue weighted by Crippen LogP contribution is 2.54. The maximum absolute atomic E-state index is 13.0. The third kappa shape index (κ3) is 5.78. The molecule has 1 atom stereocenters. The number of benzene rings is 1. The molecule has 23 heavy (non-hydrogen) atoms. The first-order valence-corrected chi connectivity index (χ1v) is 8.88. The molecule has 0 aromatic heterocycles. The molecule has 2 amide bonds. The summed E-state index contributed by atoms with van der Waals surface area (Å²) in [6.07, 6.45) is -0.954. The largest absolute Gasteiger partial charge is 0.367 e. The van der Waals surface area contributed by atoms with E-state index in [0.717, 1.165) is 0 Å². The molecule has 0 saturated heterocycles. The van der Waals surface area contributed by atoms with E-state index >= 15 is 0 Å². The summed E-state index contributed by atoms with van der Waals surface area (Å²) in [6, 6.07) is 8.21. The highest BCUT2D eigenvalue weighted by atomic mass is 31.2. The van der Waals surface area contributed by atoms with Crippen LogP contribution in [0.4, 0.5) is 0 Å². The molecule has 0 aliphatic carbocycles. The maximum Gasteiger partial charge on any atom is 0.362 e. The number of nitrogens with one attached hydrogen (secondary N) is 1. The molecular formula is C15H23N2O5P. The number of primary amides is 1. The van der Waals surface area contributed by atoms with Crippen molar-refractivity contribution in [2.24, 2.45) is 5.73 Å². The zero-order valence-electron chi connectivity index (χ0n) is 13.7. The van der Waals surface area contributed by atoms with E-state index in [1.54, 1.807) is 58.0 Å². The topological polar surface area (TPSA) is 108 Å². The van der Waals surface area contributed by atoms with Crippen molar-refractivity contribution in [1.82, 2.24) is 5.32 Å². The van der Waals surface area contributed by atoms with Crippen LogP contribution in [0.3, 0.4) is 0 Å². The molecule has 0 saturated carbocycles. The summed E-state index contributed by atoms with van der Waals surface area (Å²) in [5.74, 6) is -3.15. The van der Waals surface area contributed by atoms with Crippen molar-refractivity contribution in [3.8, 4) is 0 Å². The van der Waals surface area contributed by atoms with Crippen molar-refractivity contribution >= 4 is 19.4 Å². The molecular weight excluding hydrogens is 319 g/mol. The van der Waals surface area contributed by atoms with Crippen molar-refractivity contribution in [3.05, 3.63) is 35.9 Å². The van der Waals surface area contributed by atoms with Gasteiger partial charge in [-0.25, -0.2) is 0 Å². The zero-order chi connectivity index (χ0) is 17.6. The van der Waals surface area contributed by atoms with Crippen molar-refractivity contribution in [2.45, 2.75) is 45.7 Å². The van der Waals surface area contributed by atoms with E-state index in [2.05, 4.69) is 5.32 Å². The Morgan fingerprint density at radius 1 is 1.04 bits per heavy atom. The first kappa shape index (κ1) is 19.4. The second kappa shape index (κ2) is 8.24. The summed E-state index contributed by atoms with van der Waals surface area (Å²) in [5, 5.41) is 2.36. The lowest BCUT2D eigenvalue weighted by Gasteiger charge is -2.28. The Bertz CT molecular complexity index is 575. The summed E-state index contributed by atoms with van der Waals surface area (Å²) in [4.78, 5) is 24.0. The lowest BCUT2D eigenvalue weighted by atomic mass is 10.2. The van der Waals surface area contributed by atoms with Crippen molar-refractivity contribution in [1.29, 1.82) is 0 Å². The van der Waals surface area contributed by atoms with Crippen LogP contribution in [0.1, 0.15) is 38.1 Å². The molecule has 1 aromatic carbocycles. The van der Waals surface area contributed by atoms with Gasteiger partial charge in [-0.3, -0.25) is 14.2 Å². The molecule has 1 rings (SSSR count). The second-order valence-electron chi connectivity index (χ2n) is 5.49. The number of hydrogen-bond acceptors (Lipinski definition) is 5. The van der Waals surface area contributed by atoms with Crippen LogP contribution in [0.15, 0.2) is 30.3 Å². The molecule has 0 aliphatic rings. The van der Waals surface area contributed by atoms with Gasteiger partial charge in [-0.05, 0) is 39.8 Å². The van der Waals surface area contributed by atoms with Gasteiger partial charge in [0.05, 0.1) is 12.2 Å². The Morgan fingerprint density at radius 3 is 1.91 bits per heavy atom. The Morgan fingerprint density at radius 2 is 1.52 bits per heavy atom. The number of rotatable bonds is 8. The highest BCUT2D eigenvalue weighted by molar-refractivity contribution is 7.55. The molecule has 3 N–H and O–H groups in total. The van der Waals surface area contributed by atoms with Crippen LogP contribution in [-0.4, -0.2) is 29.8 Å². The molecule has 0 heterocycles. The van der Waals surface area contributed by atoms with Crippen molar-refractivity contribution < 1.29 is 23.2 Å². The number of amides is 2. The molecule has 7 nitrogen and oxygen atoms in total. The number of nitrogens with two attached hydrogens (primary N) is 1. The van der Waals surface area contributed by atoms with Gasteiger partial charge in [0, 0.05) is 5.56 Å². The Kier molecular flexibility index (Phi) is 6.94. The zero-order valence-corrected chi connectivity index (χ0v) is 14.6. The van der Waals surface area contributed by atoms with E-state index in [-0.39, 0.29) is 0 Å². The average molecular weight is 342 g/mol. The summed E-state index contributed by atoms with van der Waals surface area (Å²) in [5.41, 5.74) is 5.62. The molecule has 0 unspecified atom stereocenters. The third-order valence-corrected chi connectivity index (χ3v) is 5.05. The first-order valence-electron chi connectivity index (χ1n) is 7.27. The van der Waals surface area contributed by atoms with Gasteiger partial charge in [-0.1, -0.05) is 18.2 Å². The number of hydrogen-bond donors (Lipinski definition) is 2. The van der Waals surface area contributed by atoms with E-state index < -0.39 is 37.4 Å². The van der Waals surface area contributed by atoms with Crippen LogP contribution in [-0.2, 0) is 18.4 Å². The molecule has 1 aromatic rings. The van der Waals surface area contributed by atoms with Crippen LogP contribution in [0.2, 0.25) is 0 Å². The molecule has 8 heteroatoms. The highest BCUT2D eigenvalue weighted by Gasteiger charge is 2.43. The van der Waals surface area contributed by atoms with E-state index in [4.69, 9.17) is 14.8 Å². The van der Waals surface area contributed by atoms with Gasteiger partial charge in [0.2, 0.25) is 5.78 Å². The van der Waals surface area contributed by atoms with Gasteiger partial charge >= 0.3 is 7.60 Å². The van der Waals surface area contributed by atoms with E-state index in [0.29, 0.717) is 5.56 Å². The van der Waals surface area contributed by atoms with Crippen molar-refractivity contribution in [2.75, 3.05) is 0 Å². The maximum atomic E-state index is 13.0. The minimum absolute atomic E-state index is 0.305. The molecule has 0 aliphatic heterocycles. The Labute approximate surface area is 136 Å². The van der Waals surface area contributed by atoms with E-state index in [1.807, 2.05) is 0 Å². The van der Waals surface area contributed by atoms with Gasteiger partial charge in [-0.15, -0.1) is 0 Å². The lowest BCUT2D eigenvalue weighted by molar-refractivity contribution is -0.118. The summed E-state index contributed by atoms with van der Waals surface area (Å²) in [7, 11) is -3.98. The van der Waals surface area contributed by atoms with Gasteiger partial charge in [-0.2, -0.15) is 0 Å². The average Bonchev–Trinajstić information content (AvgIpc) is 2.43. The van der Waals surface area contributed by atoms with Crippen molar-refractivity contribution in [3.63, 3.8) is 0 Å². The normalized spacial score (nSPS) is 13.1. The fourth-order valence-electron chi connectivity index (χ4n) is 1.84. The summed E-state index contributed by atoms with van der Waals surface area (Å²) >= 11 is 0. The number of carbonyl (C=O) groups excluding carboxylic acids is 2. The fraction of sp³-hybridized carbons (Fsp3) is 0.467. The SMILES string of the molecule is CC(C)OP(=O)(OC(C)C)[C@H](NC(=O)c1ccccc1)C(N)=O. The Balaban J connectivity index is 3.08. The lowest BCUT2D eigenvalue weighted by Crippen LogP contribution is -2.45. The van der Waals surface area contributed by atoms with Crippen LogP contribution in [0, 0.1) is 0 Å². The Hall–Kier alpha value is -1.69. The van der Waals surface area contributed by atoms with Crippen LogP contribution in [0.5, 0.6) is 0 Å². The molecule has 0 bridgehead atoms. The van der Waals surface area contributed by atoms with E-state index in [9.17, 15) is 14.2 Å². The monoisotopic (exact) mass is 342 g/mol. The summed E-state index contributed by atoms with van der Waals surface area (Å²) < 4.78 is 23.6. The third-order valence-electron chi connectivity index (χ3n) is 2.61. The summed E-state index contributed by atoms with van der Waals surface area (Å²) in [6.45, 7) is 6.58. The van der Waals surface area contributed by atoms with Gasteiger partial charge in [0.25, 0.3) is 11.8 Å². The van der Waals surface area contributed by atoms with Gasteiger partial charge < -0.3 is 20.1 Å². The fourth-order valence-corrected chi connectivity index (χ4v) is 3.89. The standard InChI is InChI=1S/C15H23N2O5P/c1-10(2)21-23(20,22-11(3)4)15(13(16)18)17-14(19)12-8-6-5-7-9-12/h5-11,15H,1-4H3,(H2,16,18)(H,17,19)/t15-/m0/s1. The van der Waals surface area contributed by atoms with Crippen LogP contribution >= 0.6 is 7.60 Å². The molecule has 0 spiro atoms. The second-order valence-corrected chi connectivity index (χ2v) is 7.51. The molecule has 0 fully saturated rings. The van der Waals surface area contributed by atoms with Gasteiger partial charge in [0.1, 0.15) is 0 Å². The quantitative estimate of drug-likeness (QED) is 0.705. The van der Waals surface area contributed by atoms with Crippen LogP contribution in [0.25, 0.3) is 0 Å².